The maximum Gasteiger partial charge on any atom is 0.459 e. The molecule has 0 aliphatic heterocycles. The zero-order valence-corrected chi connectivity index (χ0v) is 22.2. The van der Waals surface area contributed by atoms with Gasteiger partial charge in [-0.3, -0.25) is 4.79 Å². The van der Waals surface area contributed by atoms with Crippen LogP contribution in [0, 0.1) is 5.41 Å². The molecule has 1 amide bonds. The van der Waals surface area contributed by atoms with Crippen LogP contribution in [-0.2, 0) is 4.79 Å². The first-order valence-corrected chi connectivity index (χ1v) is 12.1. The Balaban J connectivity index is 1.76. The van der Waals surface area contributed by atoms with E-state index >= 15 is 0 Å². The fraction of sp³-hybridized carbons (Fsp3) is 0.364. The highest BCUT2D eigenvalue weighted by molar-refractivity contribution is 6.54. The zero-order valence-electron chi connectivity index (χ0n) is 18.4. The third-order valence-electron chi connectivity index (χ3n) is 5.93. The number of rotatable bonds is 9. The van der Waals surface area contributed by atoms with Crippen LogP contribution in [0.3, 0.4) is 0 Å². The monoisotopic (exact) mass is 646 g/mol. The third-order valence-corrected chi connectivity index (χ3v) is 7.83. The summed E-state index contributed by atoms with van der Waals surface area (Å²) in [5.41, 5.74) is -1.38. The van der Waals surface area contributed by atoms with Crippen molar-refractivity contribution in [1.82, 2.24) is 5.32 Å². The number of hydrogen-bond donors (Lipinski definition) is 2. The van der Waals surface area contributed by atoms with Crippen molar-refractivity contribution < 1.29 is 40.3 Å². The Hall–Kier alpha value is -1.66. The Morgan fingerprint density at radius 3 is 2.05 bits per heavy atom. The lowest BCUT2D eigenvalue weighted by Crippen LogP contribution is -2.56. The molecule has 2 N–H and O–H groups in total. The summed E-state index contributed by atoms with van der Waals surface area (Å²) in [6.45, 7) is -2.54. The molecule has 2 unspecified atom stereocenters. The van der Waals surface area contributed by atoms with Gasteiger partial charge in [0.25, 0.3) is 5.91 Å². The van der Waals surface area contributed by atoms with Gasteiger partial charge in [0.2, 0.25) is 0 Å². The van der Waals surface area contributed by atoms with Gasteiger partial charge in [-0.15, -0.1) is 0 Å². The van der Waals surface area contributed by atoms with Crippen molar-refractivity contribution in [3.05, 3.63) is 62.6 Å². The van der Waals surface area contributed by atoms with E-state index in [-0.39, 0.29) is 27.3 Å². The standard InChI is InChI=1S/C22H14Cl5F7N2O2/c23-11-3-10(4-12(24)5-11)16-18(9-37,20(16,26)27)7-35-13-1-2-15(25)14(6-13)17(38)36-8-19(28,29)21(30,31)22(32,33)34/h1-6,9,16,35H,7-8H2,(H,36,38). The van der Waals surface area contributed by atoms with E-state index in [1.165, 1.54) is 29.6 Å². The maximum absolute atomic E-state index is 13.5. The first-order valence-electron chi connectivity index (χ1n) is 10.2. The summed E-state index contributed by atoms with van der Waals surface area (Å²) in [6.07, 6.45) is -6.03. The molecule has 1 fully saturated rings. The normalized spacial score (nSPS) is 21.1. The molecule has 38 heavy (non-hydrogen) atoms. The lowest BCUT2D eigenvalue weighted by Gasteiger charge is -2.28. The van der Waals surface area contributed by atoms with Crippen LogP contribution >= 0.6 is 58.0 Å². The van der Waals surface area contributed by atoms with E-state index in [2.05, 4.69) is 5.32 Å². The predicted octanol–water partition coefficient (Wildman–Crippen LogP) is 7.78. The number of carbonyl (C=O) groups excluding carboxylic acids is 2. The number of anilines is 1. The smallest absolute Gasteiger partial charge is 0.384 e. The molecule has 0 radical (unpaired) electrons. The Kier molecular flexibility index (Phi) is 8.44. The van der Waals surface area contributed by atoms with Gasteiger partial charge in [0, 0.05) is 28.2 Å². The molecule has 16 heteroatoms. The molecule has 0 heterocycles. The maximum atomic E-state index is 13.5. The van der Waals surface area contributed by atoms with Crippen molar-refractivity contribution in [2.45, 2.75) is 28.3 Å². The molecular weight excluding hydrogens is 635 g/mol. The summed E-state index contributed by atoms with van der Waals surface area (Å²) in [5.74, 6) is -14.3. The van der Waals surface area contributed by atoms with Gasteiger partial charge in [-0.25, -0.2) is 0 Å². The molecule has 2 aromatic carbocycles. The summed E-state index contributed by atoms with van der Waals surface area (Å²) in [4.78, 5) is 24.4. The molecule has 2 atom stereocenters. The van der Waals surface area contributed by atoms with E-state index in [4.69, 9.17) is 58.0 Å². The van der Waals surface area contributed by atoms with E-state index in [1.54, 1.807) is 0 Å². The third kappa shape index (κ3) is 5.50. The zero-order chi connectivity index (χ0) is 28.9. The van der Waals surface area contributed by atoms with Crippen LogP contribution in [0.25, 0.3) is 0 Å². The second-order valence-electron chi connectivity index (χ2n) is 8.42. The molecule has 208 valence electrons. The Morgan fingerprint density at radius 1 is 0.947 bits per heavy atom. The van der Waals surface area contributed by atoms with E-state index in [0.717, 1.165) is 12.1 Å². The highest BCUT2D eigenvalue weighted by atomic mass is 35.5. The van der Waals surface area contributed by atoms with Crippen LogP contribution in [0.4, 0.5) is 36.4 Å². The van der Waals surface area contributed by atoms with Gasteiger partial charge in [0.15, 0.2) is 0 Å². The predicted molar refractivity (Wildman–Crippen MR) is 130 cm³/mol. The van der Waals surface area contributed by atoms with Crippen LogP contribution in [-0.4, -0.2) is 47.6 Å². The summed E-state index contributed by atoms with van der Waals surface area (Å²) in [6, 6.07) is 7.96. The van der Waals surface area contributed by atoms with Gasteiger partial charge < -0.3 is 15.4 Å². The van der Waals surface area contributed by atoms with Gasteiger partial charge in [0.1, 0.15) is 10.6 Å². The highest BCUT2D eigenvalue weighted by Crippen LogP contribution is 2.73. The van der Waals surface area contributed by atoms with Gasteiger partial charge >= 0.3 is 18.0 Å². The molecule has 3 rings (SSSR count). The topological polar surface area (TPSA) is 58.2 Å². The minimum absolute atomic E-state index is 0.0899. The van der Waals surface area contributed by atoms with E-state index < -0.39 is 51.7 Å². The molecule has 0 spiro atoms. The van der Waals surface area contributed by atoms with Gasteiger partial charge in [-0.1, -0.05) is 58.0 Å². The fourth-order valence-corrected chi connectivity index (χ4v) is 5.52. The summed E-state index contributed by atoms with van der Waals surface area (Å²) in [7, 11) is 0. The number of benzene rings is 2. The highest BCUT2D eigenvalue weighted by Gasteiger charge is 2.76. The second-order valence-corrected chi connectivity index (χ2v) is 11.1. The van der Waals surface area contributed by atoms with Crippen LogP contribution < -0.4 is 10.6 Å². The molecular formula is C22H14Cl5F7N2O2. The molecule has 0 saturated heterocycles. The first-order chi connectivity index (χ1) is 17.3. The average molecular weight is 649 g/mol. The number of carbonyl (C=O) groups is 2. The van der Waals surface area contributed by atoms with Gasteiger partial charge in [-0.05, 0) is 42.0 Å². The molecule has 0 aromatic heterocycles. The van der Waals surface area contributed by atoms with Crippen LogP contribution in [0.5, 0.6) is 0 Å². The number of halogens is 12. The van der Waals surface area contributed by atoms with Crippen molar-refractivity contribution in [2.75, 3.05) is 18.4 Å². The Bertz CT molecular complexity index is 1240. The van der Waals surface area contributed by atoms with Crippen LogP contribution in [0.2, 0.25) is 15.1 Å². The van der Waals surface area contributed by atoms with Crippen molar-refractivity contribution in [3.8, 4) is 0 Å². The second kappa shape index (κ2) is 10.4. The largest absolute Gasteiger partial charge is 0.459 e. The SMILES string of the molecule is O=CC1(CNc2ccc(Cl)c(C(=O)NCC(F)(F)C(F)(F)C(F)(F)F)c2)C(c2cc(Cl)cc(Cl)c2)C1(Cl)Cl. The average Bonchev–Trinajstić information content (AvgIpc) is 3.30. The van der Waals surface area contributed by atoms with Crippen molar-refractivity contribution in [1.29, 1.82) is 0 Å². The molecule has 2 aromatic rings. The minimum atomic E-state index is -6.55. The number of alkyl halides is 9. The van der Waals surface area contributed by atoms with E-state index in [0.29, 0.717) is 11.8 Å². The first kappa shape index (κ1) is 30.9. The van der Waals surface area contributed by atoms with Crippen LogP contribution in [0.15, 0.2) is 36.4 Å². The lowest BCUT2D eigenvalue weighted by atomic mass is 10.00. The minimum Gasteiger partial charge on any atom is -0.384 e. The number of amides is 1. The summed E-state index contributed by atoms with van der Waals surface area (Å²) >= 11 is 30.7. The van der Waals surface area contributed by atoms with Gasteiger partial charge in [0.05, 0.1) is 22.5 Å². The molecule has 1 aliphatic carbocycles. The number of nitrogens with one attached hydrogen (secondary N) is 2. The van der Waals surface area contributed by atoms with Crippen molar-refractivity contribution >= 4 is 75.9 Å². The quantitative estimate of drug-likeness (QED) is 0.166. The molecule has 4 nitrogen and oxygen atoms in total. The Morgan fingerprint density at radius 2 is 1.53 bits per heavy atom. The molecule has 1 aliphatic rings. The lowest BCUT2D eigenvalue weighted by molar-refractivity contribution is -0.352. The summed E-state index contributed by atoms with van der Waals surface area (Å²) in [5, 5.41) is 4.34. The number of aldehydes is 1. The van der Waals surface area contributed by atoms with Gasteiger partial charge in [-0.2, -0.15) is 30.7 Å². The van der Waals surface area contributed by atoms with Crippen molar-refractivity contribution in [2.24, 2.45) is 5.41 Å². The molecule has 1 saturated carbocycles. The van der Waals surface area contributed by atoms with E-state index in [1.807, 2.05) is 0 Å². The molecule has 0 bridgehead atoms. The Labute approximate surface area is 235 Å². The number of hydrogen-bond acceptors (Lipinski definition) is 3. The van der Waals surface area contributed by atoms with E-state index in [9.17, 15) is 40.3 Å². The fourth-order valence-electron chi connectivity index (χ4n) is 3.80. The van der Waals surface area contributed by atoms with Crippen LogP contribution in [0.1, 0.15) is 21.8 Å². The van der Waals surface area contributed by atoms with Crippen molar-refractivity contribution in [3.63, 3.8) is 0 Å². The summed E-state index contributed by atoms with van der Waals surface area (Å²) < 4.78 is 88.6.